The summed E-state index contributed by atoms with van der Waals surface area (Å²) in [6.45, 7) is 7.62. The van der Waals surface area contributed by atoms with E-state index in [-0.39, 0.29) is 24.1 Å². The Hall–Kier alpha value is -0.120. The zero-order chi connectivity index (χ0) is 11.6. The van der Waals surface area contributed by atoms with Crippen LogP contribution < -0.4 is 5.73 Å². The van der Waals surface area contributed by atoms with Gasteiger partial charge in [0.1, 0.15) is 0 Å². The number of hydrogen-bond acceptors (Lipinski definition) is 3. The molecule has 0 heterocycles. The van der Waals surface area contributed by atoms with Crippen LogP contribution >= 0.6 is 0 Å². The average molecular weight is 214 g/mol. The van der Waals surface area contributed by atoms with Gasteiger partial charge in [-0.15, -0.1) is 0 Å². The molecule has 2 unspecified atom stereocenters. The van der Waals surface area contributed by atoms with Gasteiger partial charge < -0.3 is 10.8 Å². The Morgan fingerprint density at radius 3 is 2.27 bits per heavy atom. The highest BCUT2D eigenvalue weighted by atomic mass is 16.3. The molecular formula is C12H26N2O. The number of nitrogens with two attached hydrogens (primary N) is 1. The quantitative estimate of drug-likeness (QED) is 0.719. The van der Waals surface area contributed by atoms with Crippen LogP contribution in [-0.2, 0) is 0 Å². The molecule has 0 bridgehead atoms. The van der Waals surface area contributed by atoms with E-state index in [1.807, 2.05) is 0 Å². The second kappa shape index (κ2) is 4.81. The Kier molecular flexibility index (Phi) is 4.15. The third-order valence-corrected chi connectivity index (χ3v) is 3.41. The summed E-state index contributed by atoms with van der Waals surface area (Å²) in [5.74, 6) is 0.844. The predicted molar refractivity (Wildman–Crippen MR) is 63.7 cm³/mol. The van der Waals surface area contributed by atoms with Gasteiger partial charge in [-0.25, -0.2) is 0 Å². The third kappa shape index (κ3) is 3.74. The molecule has 1 rings (SSSR count). The smallest absolute Gasteiger partial charge is 0.0602 e. The van der Waals surface area contributed by atoms with Crippen LogP contribution in [0.5, 0.6) is 0 Å². The zero-order valence-electron chi connectivity index (χ0n) is 10.5. The summed E-state index contributed by atoms with van der Waals surface area (Å²) in [4.78, 5) is 2.23. The Bertz CT molecular complexity index is 196. The number of aliphatic hydroxyl groups is 1. The van der Waals surface area contributed by atoms with Gasteiger partial charge in [0.25, 0.3) is 0 Å². The Morgan fingerprint density at radius 2 is 1.93 bits per heavy atom. The molecule has 0 aromatic heterocycles. The van der Waals surface area contributed by atoms with E-state index in [0.717, 1.165) is 12.5 Å². The standard InChI is InChI=1S/C12H26N2O/c1-12(2,3)11(13)10(8-15)14(4)7-9-5-6-9/h9-11,15H,5-8,13H2,1-4H3. The highest BCUT2D eigenvalue weighted by Gasteiger charge is 2.33. The maximum atomic E-state index is 9.44. The van der Waals surface area contributed by atoms with Gasteiger partial charge in [0.15, 0.2) is 0 Å². The number of nitrogens with zero attached hydrogens (tertiary/aromatic N) is 1. The van der Waals surface area contributed by atoms with E-state index in [2.05, 4.69) is 32.7 Å². The fourth-order valence-electron chi connectivity index (χ4n) is 1.95. The molecule has 0 radical (unpaired) electrons. The lowest BCUT2D eigenvalue weighted by Gasteiger charge is -2.38. The first-order valence-corrected chi connectivity index (χ1v) is 5.93. The van der Waals surface area contributed by atoms with Crippen LogP contribution in [0.25, 0.3) is 0 Å². The van der Waals surface area contributed by atoms with Gasteiger partial charge in [-0.3, -0.25) is 4.90 Å². The van der Waals surface area contributed by atoms with E-state index < -0.39 is 0 Å². The molecule has 3 nitrogen and oxygen atoms in total. The van der Waals surface area contributed by atoms with Crippen molar-refractivity contribution in [2.24, 2.45) is 17.1 Å². The lowest BCUT2D eigenvalue weighted by Crippen LogP contribution is -2.54. The predicted octanol–water partition coefficient (Wildman–Crippen LogP) is 1.06. The monoisotopic (exact) mass is 214 g/mol. The van der Waals surface area contributed by atoms with Gasteiger partial charge in [-0.1, -0.05) is 20.8 Å². The maximum Gasteiger partial charge on any atom is 0.0602 e. The van der Waals surface area contributed by atoms with Crippen molar-refractivity contribution in [3.8, 4) is 0 Å². The number of hydrogen-bond donors (Lipinski definition) is 2. The number of aliphatic hydroxyl groups excluding tert-OH is 1. The van der Waals surface area contributed by atoms with E-state index in [1.165, 1.54) is 12.8 Å². The normalized spacial score (nSPS) is 21.8. The Labute approximate surface area is 93.6 Å². The second-order valence-electron chi connectivity index (χ2n) is 6.02. The molecule has 0 saturated heterocycles. The highest BCUT2D eigenvalue weighted by molar-refractivity contribution is 4.90. The Balaban J connectivity index is 2.51. The zero-order valence-corrected chi connectivity index (χ0v) is 10.5. The first kappa shape index (κ1) is 12.9. The van der Waals surface area contributed by atoms with Crippen LogP contribution in [0.1, 0.15) is 33.6 Å². The minimum atomic E-state index is 0.0197. The fraction of sp³-hybridized carbons (Fsp3) is 1.00. The summed E-state index contributed by atoms with van der Waals surface area (Å²) in [5.41, 5.74) is 6.25. The highest BCUT2D eigenvalue weighted by Crippen LogP contribution is 2.31. The van der Waals surface area contributed by atoms with Gasteiger partial charge in [0.05, 0.1) is 6.61 Å². The number of rotatable bonds is 5. The lowest BCUT2D eigenvalue weighted by molar-refractivity contribution is 0.0859. The third-order valence-electron chi connectivity index (χ3n) is 3.41. The van der Waals surface area contributed by atoms with E-state index in [1.54, 1.807) is 0 Å². The topological polar surface area (TPSA) is 49.5 Å². The van der Waals surface area contributed by atoms with Crippen LogP contribution in [0.2, 0.25) is 0 Å². The summed E-state index contributed by atoms with van der Waals surface area (Å²) in [6, 6.07) is 0.108. The van der Waals surface area contributed by atoms with Crippen molar-refractivity contribution in [2.45, 2.75) is 45.7 Å². The molecule has 1 fully saturated rings. The van der Waals surface area contributed by atoms with Gasteiger partial charge in [-0.05, 0) is 31.2 Å². The molecule has 3 heteroatoms. The van der Waals surface area contributed by atoms with Crippen molar-refractivity contribution in [1.29, 1.82) is 0 Å². The molecule has 0 aliphatic heterocycles. The second-order valence-corrected chi connectivity index (χ2v) is 6.02. The van der Waals surface area contributed by atoms with Crippen molar-refractivity contribution in [3.05, 3.63) is 0 Å². The molecule has 90 valence electrons. The molecule has 15 heavy (non-hydrogen) atoms. The number of likely N-dealkylation sites (N-methyl/N-ethyl adjacent to an activating group) is 1. The molecule has 1 saturated carbocycles. The van der Waals surface area contributed by atoms with E-state index in [0.29, 0.717) is 0 Å². The van der Waals surface area contributed by atoms with E-state index in [4.69, 9.17) is 5.73 Å². The summed E-state index contributed by atoms with van der Waals surface area (Å²) in [6.07, 6.45) is 2.68. The molecular weight excluding hydrogens is 188 g/mol. The van der Waals surface area contributed by atoms with Crippen LogP contribution in [0, 0.1) is 11.3 Å². The van der Waals surface area contributed by atoms with Crippen molar-refractivity contribution in [3.63, 3.8) is 0 Å². The minimum Gasteiger partial charge on any atom is -0.395 e. The summed E-state index contributed by atoms with van der Waals surface area (Å²) < 4.78 is 0. The maximum absolute atomic E-state index is 9.44. The molecule has 3 N–H and O–H groups in total. The summed E-state index contributed by atoms with van der Waals surface area (Å²) >= 11 is 0. The fourth-order valence-corrected chi connectivity index (χ4v) is 1.95. The van der Waals surface area contributed by atoms with Crippen molar-refractivity contribution < 1.29 is 5.11 Å². The molecule has 2 atom stereocenters. The van der Waals surface area contributed by atoms with Gasteiger partial charge in [0, 0.05) is 18.6 Å². The minimum absolute atomic E-state index is 0.0197. The molecule has 0 spiro atoms. The average Bonchev–Trinajstić information content (AvgIpc) is 2.87. The lowest BCUT2D eigenvalue weighted by atomic mass is 9.82. The van der Waals surface area contributed by atoms with E-state index in [9.17, 15) is 5.11 Å². The van der Waals surface area contributed by atoms with Gasteiger partial charge in [-0.2, -0.15) is 0 Å². The first-order valence-electron chi connectivity index (χ1n) is 5.93. The molecule has 0 aromatic carbocycles. The summed E-state index contributed by atoms with van der Waals surface area (Å²) in [7, 11) is 2.07. The summed E-state index contributed by atoms with van der Waals surface area (Å²) in [5, 5.41) is 9.44. The van der Waals surface area contributed by atoms with Crippen LogP contribution in [0.4, 0.5) is 0 Å². The van der Waals surface area contributed by atoms with Crippen molar-refractivity contribution in [1.82, 2.24) is 4.90 Å². The van der Waals surface area contributed by atoms with Crippen LogP contribution in [0.3, 0.4) is 0 Å². The molecule has 1 aliphatic rings. The molecule has 0 aromatic rings. The van der Waals surface area contributed by atoms with Crippen LogP contribution in [0.15, 0.2) is 0 Å². The van der Waals surface area contributed by atoms with Gasteiger partial charge >= 0.3 is 0 Å². The van der Waals surface area contributed by atoms with Crippen LogP contribution in [-0.4, -0.2) is 42.3 Å². The van der Waals surface area contributed by atoms with Crippen molar-refractivity contribution in [2.75, 3.05) is 20.2 Å². The molecule has 1 aliphatic carbocycles. The SMILES string of the molecule is CN(CC1CC1)C(CO)C(N)C(C)(C)C. The Morgan fingerprint density at radius 1 is 1.40 bits per heavy atom. The largest absolute Gasteiger partial charge is 0.395 e. The molecule has 0 amide bonds. The first-order chi connectivity index (χ1) is 6.86. The van der Waals surface area contributed by atoms with E-state index >= 15 is 0 Å². The van der Waals surface area contributed by atoms with Gasteiger partial charge in [0.2, 0.25) is 0 Å². The van der Waals surface area contributed by atoms with Crippen molar-refractivity contribution >= 4 is 0 Å².